The number of nitrogens with one attached hydrogen (secondary N) is 1. The van der Waals surface area contributed by atoms with E-state index in [1.54, 1.807) is 23.7 Å². The van der Waals surface area contributed by atoms with E-state index in [1.165, 1.54) is 11.3 Å². The van der Waals surface area contributed by atoms with Gasteiger partial charge in [-0.25, -0.2) is 9.78 Å². The third kappa shape index (κ3) is 3.86. The van der Waals surface area contributed by atoms with E-state index in [0.29, 0.717) is 5.56 Å². The highest BCUT2D eigenvalue weighted by Gasteiger charge is 2.29. The van der Waals surface area contributed by atoms with E-state index in [2.05, 4.69) is 34.6 Å². The molecule has 5 rings (SSSR count). The SMILES string of the molecule is O=C(NCC(O)C(O)c1ccc2ncsc2c1)OCC1c2ccccc2-c2ccccc21. The molecule has 4 aromatic rings. The zero-order valence-electron chi connectivity index (χ0n) is 17.1. The van der Waals surface area contributed by atoms with E-state index >= 15 is 0 Å². The number of aliphatic hydroxyl groups is 2. The Balaban J connectivity index is 1.18. The summed E-state index contributed by atoms with van der Waals surface area (Å²) in [6.45, 7) is 0.0686. The molecular weight excluding hydrogens is 424 g/mol. The summed E-state index contributed by atoms with van der Waals surface area (Å²) in [5.41, 5.74) is 7.74. The largest absolute Gasteiger partial charge is 0.449 e. The van der Waals surface area contributed by atoms with Crippen LogP contribution in [0, 0.1) is 0 Å². The van der Waals surface area contributed by atoms with Gasteiger partial charge in [0.05, 0.1) is 15.7 Å². The number of thiazole rings is 1. The van der Waals surface area contributed by atoms with Crippen LogP contribution in [0.3, 0.4) is 0 Å². The average molecular weight is 447 g/mol. The Morgan fingerprint density at radius 3 is 2.44 bits per heavy atom. The van der Waals surface area contributed by atoms with Crippen molar-refractivity contribution in [3.8, 4) is 11.1 Å². The molecule has 1 aliphatic rings. The van der Waals surface area contributed by atoms with E-state index in [-0.39, 0.29) is 19.1 Å². The number of carbonyl (C=O) groups excluding carboxylic acids is 1. The summed E-state index contributed by atoms with van der Waals surface area (Å²) in [6, 6.07) is 21.6. The maximum atomic E-state index is 12.3. The molecule has 0 aliphatic heterocycles. The molecule has 1 aromatic heterocycles. The molecule has 0 bridgehead atoms. The summed E-state index contributed by atoms with van der Waals surface area (Å²) < 4.78 is 6.40. The highest BCUT2D eigenvalue weighted by molar-refractivity contribution is 7.16. The van der Waals surface area contributed by atoms with Gasteiger partial charge in [-0.1, -0.05) is 54.6 Å². The number of benzene rings is 3. The zero-order chi connectivity index (χ0) is 22.1. The minimum Gasteiger partial charge on any atom is -0.449 e. The zero-order valence-corrected chi connectivity index (χ0v) is 18.0. The van der Waals surface area contributed by atoms with Gasteiger partial charge in [-0.2, -0.15) is 0 Å². The molecule has 0 spiro atoms. The maximum absolute atomic E-state index is 12.3. The van der Waals surface area contributed by atoms with E-state index in [4.69, 9.17) is 4.74 Å². The molecule has 162 valence electrons. The van der Waals surface area contributed by atoms with Gasteiger partial charge in [-0.3, -0.25) is 0 Å². The molecule has 2 unspecified atom stereocenters. The van der Waals surface area contributed by atoms with Crippen LogP contribution in [0.25, 0.3) is 21.3 Å². The summed E-state index contributed by atoms with van der Waals surface area (Å²) in [5, 5.41) is 23.4. The Morgan fingerprint density at radius 1 is 1.03 bits per heavy atom. The second kappa shape index (κ2) is 8.70. The normalized spacial score (nSPS) is 14.6. The second-order valence-electron chi connectivity index (χ2n) is 7.80. The standard InChI is InChI=1S/C25H22N2O4S/c28-22(24(29)15-9-10-21-23(11-15)32-14-27-21)12-26-25(30)31-13-20-18-7-3-1-5-16(18)17-6-2-4-8-19(17)20/h1-11,14,20,22,24,28-29H,12-13H2,(H,26,30). The van der Waals surface area contributed by atoms with Crippen LogP contribution >= 0.6 is 11.3 Å². The van der Waals surface area contributed by atoms with Gasteiger partial charge in [-0.15, -0.1) is 11.3 Å². The Kier molecular flexibility index (Phi) is 5.61. The molecule has 0 fully saturated rings. The van der Waals surface area contributed by atoms with E-state index in [0.717, 1.165) is 32.5 Å². The quantitative estimate of drug-likeness (QED) is 0.412. The third-order valence-corrected chi connectivity index (χ3v) is 6.65. The topological polar surface area (TPSA) is 91.7 Å². The Bertz CT molecular complexity index is 1230. The van der Waals surface area contributed by atoms with Gasteiger partial charge in [0.15, 0.2) is 0 Å². The van der Waals surface area contributed by atoms with Crippen molar-refractivity contribution in [3.63, 3.8) is 0 Å². The number of aliphatic hydroxyl groups excluding tert-OH is 2. The number of hydrogen-bond acceptors (Lipinski definition) is 6. The number of hydrogen-bond donors (Lipinski definition) is 3. The third-order valence-electron chi connectivity index (χ3n) is 5.86. The lowest BCUT2D eigenvalue weighted by Gasteiger charge is -2.19. The lowest BCUT2D eigenvalue weighted by atomic mass is 9.98. The molecule has 3 N–H and O–H groups in total. The molecule has 0 saturated heterocycles. The van der Waals surface area contributed by atoms with Crippen LogP contribution in [0.1, 0.15) is 28.7 Å². The Hall–Kier alpha value is -3.26. The lowest BCUT2D eigenvalue weighted by molar-refractivity contribution is 0.0186. The van der Waals surface area contributed by atoms with Crippen molar-refractivity contribution < 1.29 is 19.7 Å². The predicted octanol–water partition coefficient (Wildman–Crippen LogP) is 4.23. The molecule has 3 aromatic carbocycles. The first kappa shape index (κ1) is 20.6. The molecule has 7 heteroatoms. The van der Waals surface area contributed by atoms with Gasteiger partial charge >= 0.3 is 6.09 Å². The van der Waals surface area contributed by atoms with Gasteiger partial charge < -0.3 is 20.3 Å². The number of alkyl carbamates (subject to hydrolysis) is 1. The smallest absolute Gasteiger partial charge is 0.407 e. The first-order chi connectivity index (χ1) is 15.6. The highest BCUT2D eigenvalue weighted by Crippen LogP contribution is 2.44. The summed E-state index contributed by atoms with van der Waals surface area (Å²) >= 11 is 1.46. The van der Waals surface area contributed by atoms with Crippen LogP contribution in [0.4, 0.5) is 4.79 Å². The van der Waals surface area contributed by atoms with Gasteiger partial charge in [0.25, 0.3) is 0 Å². The van der Waals surface area contributed by atoms with Crippen LogP contribution in [0.2, 0.25) is 0 Å². The number of nitrogens with zero attached hydrogens (tertiary/aromatic N) is 1. The van der Waals surface area contributed by atoms with Crippen molar-refractivity contribution >= 4 is 27.6 Å². The number of carbonyl (C=O) groups is 1. The van der Waals surface area contributed by atoms with Crippen molar-refractivity contribution in [2.45, 2.75) is 18.1 Å². The van der Waals surface area contributed by atoms with Crippen molar-refractivity contribution in [1.82, 2.24) is 10.3 Å². The minimum absolute atomic E-state index is 0.0326. The average Bonchev–Trinajstić information content (AvgIpc) is 3.42. The van der Waals surface area contributed by atoms with Crippen molar-refractivity contribution in [2.24, 2.45) is 0 Å². The second-order valence-corrected chi connectivity index (χ2v) is 8.68. The van der Waals surface area contributed by atoms with Crippen LogP contribution in [-0.4, -0.2) is 40.5 Å². The minimum atomic E-state index is -1.17. The molecular formula is C25H22N2O4S. The first-order valence-corrected chi connectivity index (χ1v) is 11.3. The van der Waals surface area contributed by atoms with Crippen molar-refractivity contribution in [2.75, 3.05) is 13.2 Å². The van der Waals surface area contributed by atoms with Gasteiger partial charge in [0, 0.05) is 12.5 Å². The molecule has 1 heterocycles. The summed E-state index contributed by atoms with van der Waals surface area (Å²) in [7, 11) is 0. The highest BCUT2D eigenvalue weighted by atomic mass is 32.1. The molecule has 1 aliphatic carbocycles. The van der Waals surface area contributed by atoms with Crippen molar-refractivity contribution in [3.05, 3.63) is 88.9 Å². The fourth-order valence-electron chi connectivity index (χ4n) is 4.23. The molecule has 0 saturated carbocycles. The van der Waals surface area contributed by atoms with Crippen LogP contribution in [0.15, 0.2) is 72.2 Å². The van der Waals surface area contributed by atoms with E-state index in [1.807, 2.05) is 24.3 Å². The van der Waals surface area contributed by atoms with Crippen LogP contribution < -0.4 is 5.32 Å². The molecule has 6 nitrogen and oxygen atoms in total. The summed E-state index contributed by atoms with van der Waals surface area (Å²) in [4.78, 5) is 16.5. The number of fused-ring (bicyclic) bond motifs is 4. The first-order valence-electron chi connectivity index (χ1n) is 10.4. The van der Waals surface area contributed by atoms with Gasteiger partial charge in [-0.05, 0) is 39.9 Å². The van der Waals surface area contributed by atoms with Crippen LogP contribution in [0.5, 0.6) is 0 Å². The molecule has 2 atom stereocenters. The monoisotopic (exact) mass is 446 g/mol. The summed E-state index contributed by atoms with van der Waals surface area (Å²) in [6.07, 6.45) is -2.92. The van der Waals surface area contributed by atoms with E-state index < -0.39 is 18.3 Å². The number of rotatable bonds is 6. The Labute approximate surface area is 189 Å². The predicted molar refractivity (Wildman–Crippen MR) is 124 cm³/mol. The van der Waals surface area contributed by atoms with Crippen molar-refractivity contribution in [1.29, 1.82) is 0 Å². The van der Waals surface area contributed by atoms with Gasteiger partial charge in [0.2, 0.25) is 0 Å². The molecule has 0 radical (unpaired) electrons. The molecule has 32 heavy (non-hydrogen) atoms. The number of aromatic nitrogens is 1. The summed E-state index contributed by atoms with van der Waals surface area (Å²) in [5.74, 6) is -0.0326. The Morgan fingerprint density at radius 2 is 1.72 bits per heavy atom. The van der Waals surface area contributed by atoms with Crippen LogP contribution in [-0.2, 0) is 4.74 Å². The lowest BCUT2D eigenvalue weighted by Crippen LogP contribution is -2.36. The van der Waals surface area contributed by atoms with Gasteiger partial charge in [0.1, 0.15) is 18.8 Å². The fraction of sp³-hybridized carbons (Fsp3) is 0.200. The number of ether oxygens (including phenoxy) is 1. The number of amides is 1. The van der Waals surface area contributed by atoms with E-state index in [9.17, 15) is 15.0 Å². The maximum Gasteiger partial charge on any atom is 0.407 e. The molecule has 1 amide bonds. The fourth-order valence-corrected chi connectivity index (χ4v) is 4.95.